The van der Waals surface area contributed by atoms with Crippen LogP contribution in [0.5, 0.6) is 11.5 Å². The molecule has 3 rings (SSSR count). The molecule has 1 aliphatic rings. The maximum Gasteiger partial charge on any atom is 0.191 e. The number of hydrogen-bond acceptors (Lipinski definition) is 5. The van der Waals surface area contributed by atoms with E-state index in [0.717, 1.165) is 61.5 Å². The summed E-state index contributed by atoms with van der Waals surface area (Å²) in [6, 6.07) is 7.94. The van der Waals surface area contributed by atoms with Crippen molar-refractivity contribution in [2.24, 2.45) is 4.99 Å². The fourth-order valence-corrected chi connectivity index (χ4v) is 3.10. The van der Waals surface area contributed by atoms with Crippen LogP contribution in [0.3, 0.4) is 0 Å². The number of benzene rings is 1. The molecule has 1 atom stereocenters. The van der Waals surface area contributed by atoms with Crippen LogP contribution in [0.4, 0.5) is 0 Å². The summed E-state index contributed by atoms with van der Waals surface area (Å²) in [6.07, 6.45) is 2.83. The average molecular weight is 500 g/mol. The molecule has 1 aromatic carbocycles. The number of aromatic nitrogens is 3. The number of rotatable bonds is 7. The lowest BCUT2D eigenvalue weighted by Gasteiger charge is -2.25. The summed E-state index contributed by atoms with van der Waals surface area (Å²) in [5.41, 5.74) is 0. The Labute approximate surface area is 183 Å². The zero-order valence-electron chi connectivity index (χ0n) is 16.6. The van der Waals surface area contributed by atoms with E-state index in [4.69, 9.17) is 9.47 Å². The standard InChI is InChI=1S/C19H28N6O2.HI/c1-14-22-18-9-8-15(13-25(18)24-14)23-19(20-2)21-10-5-11-27-17-7-4-6-16(12-17)26-3;/h4,6-7,12,15H,5,8-11,13H2,1-3H3,(H2,20,21,23);1H. The molecule has 0 saturated carbocycles. The van der Waals surface area contributed by atoms with Crippen molar-refractivity contribution in [2.75, 3.05) is 27.3 Å². The quantitative estimate of drug-likeness (QED) is 0.263. The van der Waals surface area contributed by atoms with E-state index in [2.05, 4.69) is 25.7 Å². The molecule has 2 aromatic rings. The molecule has 0 spiro atoms. The first-order valence-corrected chi connectivity index (χ1v) is 9.32. The lowest BCUT2D eigenvalue weighted by molar-refractivity contribution is 0.308. The van der Waals surface area contributed by atoms with Crippen LogP contribution in [0.2, 0.25) is 0 Å². The largest absolute Gasteiger partial charge is 0.497 e. The lowest BCUT2D eigenvalue weighted by atomic mass is 10.1. The third kappa shape index (κ3) is 6.25. The minimum atomic E-state index is 0. The molecule has 0 fully saturated rings. The summed E-state index contributed by atoms with van der Waals surface area (Å²) in [4.78, 5) is 8.76. The summed E-state index contributed by atoms with van der Waals surface area (Å²) in [6.45, 7) is 4.16. The fourth-order valence-electron chi connectivity index (χ4n) is 3.10. The van der Waals surface area contributed by atoms with E-state index < -0.39 is 0 Å². The number of methoxy groups -OCH3 is 1. The van der Waals surface area contributed by atoms with Gasteiger partial charge in [-0.2, -0.15) is 5.10 Å². The Balaban J connectivity index is 0.00000280. The van der Waals surface area contributed by atoms with Crippen LogP contribution >= 0.6 is 24.0 Å². The molecule has 0 aliphatic carbocycles. The zero-order chi connectivity index (χ0) is 19.1. The molecule has 0 bridgehead atoms. The van der Waals surface area contributed by atoms with E-state index >= 15 is 0 Å². The normalized spacial score (nSPS) is 16.0. The summed E-state index contributed by atoms with van der Waals surface area (Å²) in [7, 11) is 3.44. The smallest absolute Gasteiger partial charge is 0.191 e. The summed E-state index contributed by atoms with van der Waals surface area (Å²) in [5.74, 6) is 4.33. The fraction of sp³-hybridized carbons (Fsp3) is 0.526. The van der Waals surface area contributed by atoms with Gasteiger partial charge in [0, 0.05) is 32.1 Å². The molecule has 0 radical (unpaired) electrons. The van der Waals surface area contributed by atoms with Crippen molar-refractivity contribution >= 4 is 29.9 Å². The van der Waals surface area contributed by atoms with Gasteiger partial charge in [-0.1, -0.05) is 6.07 Å². The molecule has 0 saturated heterocycles. The Kier molecular flexibility index (Phi) is 8.81. The second-order valence-corrected chi connectivity index (χ2v) is 6.52. The molecule has 1 unspecified atom stereocenters. The van der Waals surface area contributed by atoms with Crippen molar-refractivity contribution in [1.82, 2.24) is 25.4 Å². The molecule has 2 heterocycles. The maximum absolute atomic E-state index is 5.76. The van der Waals surface area contributed by atoms with Gasteiger partial charge in [0.1, 0.15) is 23.1 Å². The van der Waals surface area contributed by atoms with Crippen molar-refractivity contribution in [1.29, 1.82) is 0 Å². The van der Waals surface area contributed by atoms with Gasteiger partial charge in [0.2, 0.25) is 0 Å². The number of ether oxygens (including phenoxy) is 2. The van der Waals surface area contributed by atoms with Gasteiger partial charge in [0.05, 0.1) is 20.3 Å². The third-order valence-corrected chi connectivity index (χ3v) is 4.45. The van der Waals surface area contributed by atoms with Crippen LogP contribution < -0.4 is 20.1 Å². The summed E-state index contributed by atoms with van der Waals surface area (Å²) >= 11 is 0. The van der Waals surface area contributed by atoms with Crippen LogP contribution in [0.25, 0.3) is 0 Å². The number of aryl methyl sites for hydroxylation is 2. The third-order valence-electron chi connectivity index (χ3n) is 4.45. The number of guanidine groups is 1. The predicted octanol–water partition coefficient (Wildman–Crippen LogP) is 2.16. The van der Waals surface area contributed by atoms with Gasteiger partial charge in [-0.15, -0.1) is 24.0 Å². The van der Waals surface area contributed by atoms with E-state index in [-0.39, 0.29) is 24.0 Å². The SMILES string of the molecule is CN=C(NCCCOc1cccc(OC)c1)NC1CCc2nc(C)nn2C1.I. The van der Waals surface area contributed by atoms with Crippen LogP contribution in [0.15, 0.2) is 29.3 Å². The van der Waals surface area contributed by atoms with E-state index in [1.165, 1.54) is 0 Å². The Hall–Kier alpha value is -2.04. The van der Waals surface area contributed by atoms with Crippen LogP contribution in [-0.4, -0.2) is 54.1 Å². The minimum Gasteiger partial charge on any atom is -0.497 e. The molecule has 1 aromatic heterocycles. The number of hydrogen-bond donors (Lipinski definition) is 2. The molecule has 1 aliphatic heterocycles. The van der Waals surface area contributed by atoms with Crippen LogP contribution in [0, 0.1) is 6.92 Å². The Bertz CT molecular complexity index is 780. The molecule has 8 nitrogen and oxygen atoms in total. The van der Waals surface area contributed by atoms with Crippen molar-refractivity contribution in [3.05, 3.63) is 35.9 Å². The van der Waals surface area contributed by atoms with Gasteiger partial charge in [-0.3, -0.25) is 4.99 Å². The number of nitrogens with one attached hydrogen (secondary N) is 2. The summed E-state index contributed by atoms with van der Waals surface area (Å²) in [5, 5.41) is 11.3. The Morgan fingerprint density at radius 3 is 2.96 bits per heavy atom. The first-order valence-electron chi connectivity index (χ1n) is 9.32. The zero-order valence-corrected chi connectivity index (χ0v) is 19.0. The molecule has 0 amide bonds. The monoisotopic (exact) mass is 500 g/mol. The molecule has 2 N–H and O–H groups in total. The highest BCUT2D eigenvalue weighted by Gasteiger charge is 2.21. The first kappa shape index (κ1) is 22.3. The highest BCUT2D eigenvalue weighted by atomic mass is 127. The maximum atomic E-state index is 5.76. The lowest BCUT2D eigenvalue weighted by Crippen LogP contribution is -2.47. The Morgan fingerprint density at radius 1 is 1.36 bits per heavy atom. The van der Waals surface area contributed by atoms with Gasteiger partial charge in [-0.05, 0) is 31.9 Å². The van der Waals surface area contributed by atoms with Crippen molar-refractivity contribution in [3.8, 4) is 11.5 Å². The van der Waals surface area contributed by atoms with Crippen molar-refractivity contribution < 1.29 is 9.47 Å². The molecule has 9 heteroatoms. The van der Waals surface area contributed by atoms with Gasteiger partial charge in [0.15, 0.2) is 5.96 Å². The molecular weight excluding hydrogens is 471 g/mol. The van der Waals surface area contributed by atoms with E-state index in [0.29, 0.717) is 12.6 Å². The number of nitrogens with zero attached hydrogens (tertiary/aromatic N) is 4. The average Bonchev–Trinajstić information content (AvgIpc) is 3.06. The summed E-state index contributed by atoms with van der Waals surface area (Å²) < 4.78 is 12.9. The second-order valence-electron chi connectivity index (χ2n) is 6.52. The van der Waals surface area contributed by atoms with Gasteiger partial charge in [-0.25, -0.2) is 9.67 Å². The highest BCUT2D eigenvalue weighted by molar-refractivity contribution is 14.0. The van der Waals surface area contributed by atoms with E-state index in [1.54, 1.807) is 14.2 Å². The van der Waals surface area contributed by atoms with Crippen molar-refractivity contribution in [2.45, 2.75) is 38.8 Å². The van der Waals surface area contributed by atoms with Crippen molar-refractivity contribution in [3.63, 3.8) is 0 Å². The van der Waals surface area contributed by atoms with Gasteiger partial charge in [0.25, 0.3) is 0 Å². The molecule has 154 valence electrons. The van der Waals surface area contributed by atoms with E-state index in [9.17, 15) is 0 Å². The van der Waals surface area contributed by atoms with E-state index in [1.807, 2.05) is 35.9 Å². The Morgan fingerprint density at radius 2 is 2.18 bits per heavy atom. The molecular formula is C19H29IN6O2. The number of aliphatic imine (C=N–C) groups is 1. The first-order chi connectivity index (χ1) is 13.2. The minimum absolute atomic E-state index is 0. The van der Waals surface area contributed by atoms with Crippen LogP contribution in [0.1, 0.15) is 24.5 Å². The second kappa shape index (κ2) is 11.1. The van der Waals surface area contributed by atoms with Crippen LogP contribution in [-0.2, 0) is 13.0 Å². The topological polar surface area (TPSA) is 85.6 Å². The number of halogens is 1. The van der Waals surface area contributed by atoms with Gasteiger partial charge >= 0.3 is 0 Å². The van der Waals surface area contributed by atoms with Gasteiger partial charge < -0.3 is 20.1 Å². The molecule has 28 heavy (non-hydrogen) atoms. The predicted molar refractivity (Wildman–Crippen MR) is 120 cm³/mol. The number of fused-ring (bicyclic) bond motifs is 1. The highest BCUT2D eigenvalue weighted by Crippen LogP contribution is 2.18.